The minimum atomic E-state index is 0.0926. The number of halogens is 1. The number of nitrogens with zero attached hydrogens (tertiary/aromatic N) is 1. The van der Waals surface area contributed by atoms with Crippen LogP contribution in [0.15, 0.2) is 47.1 Å². The Morgan fingerprint density at radius 1 is 1.13 bits per heavy atom. The molecule has 2 aromatic rings. The van der Waals surface area contributed by atoms with E-state index in [2.05, 4.69) is 20.9 Å². The first kappa shape index (κ1) is 9.98. The molecule has 0 saturated carbocycles. The molecule has 15 heavy (non-hydrogen) atoms. The van der Waals surface area contributed by atoms with E-state index in [1.165, 1.54) is 0 Å². The number of aromatic nitrogens is 1. The van der Waals surface area contributed by atoms with Gasteiger partial charge in [0, 0.05) is 6.20 Å². The highest BCUT2D eigenvalue weighted by Crippen LogP contribution is 2.32. The average molecular weight is 266 g/mol. The molecule has 0 aliphatic rings. The van der Waals surface area contributed by atoms with Gasteiger partial charge in [0.2, 0.25) is 5.88 Å². The van der Waals surface area contributed by atoms with Gasteiger partial charge in [-0.05, 0) is 40.2 Å². The third-order valence-corrected chi connectivity index (χ3v) is 2.40. The molecule has 0 saturated heterocycles. The van der Waals surface area contributed by atoms with Gasteiger partial charge in [-0.1, -0.05) is 12.1 Å². The first-order valence-corrected chi connectivity index (χ1v) is 5.13. The standard InChI is InChI=1S/C11H8BrNO2/c12-8-4-3-7-13-11(8)15-10-6-2-1-5-9(10)14/h1-7,14H. The van der Waals surface area contributed by atoms with Gasteiger partial charge in [0.1, 0.15) is 0 Å². The predicted molar refractivity (Wildman–Crippen MR) is 60.1 cm³/mol. The number of aromatic hydroxyl groups is 1. The molecule has 1 N–H and O–H groups in total. The highest BCUT2D eigenvalue weighted by atomic mass is 79.9. The summed E-state index contributed by atoms with van der Waals surface area (Å²) in [4.78, 5) is 4.03. The van der Waals surface area contributed by atoms with E-state index in [9.17, 15) is 5.11 Å². The highest BCUT2D eigenvalue weighted by molar-refractivity contribution is 9.10. The van der Waals surface area contributed by atoms with E-state index in [1.54, 1.807) is 36.5 Å². The Hall–Kier alpha value is -1.55. The third kappa shape index (κ3) is 2.27. The maximum absolute atomic E-state index is 9.49. The second kappa shape index (κ2) is 4.31. The van der Waals surface area contributed by atoms with E-state index in [0.717, 1.165) is 4.47 Å². The van der Waals surface area contributed by atoms with Gasteiger partial charge in [0.15, 0.2) is 11.5 Å². The van der Waals surface area contributed by atoms with Crippen molar-refractivity contribution in [2.24, 2.45) is 0 Å². The molecule has 2 rings (SSSR count). The molecule has 3 nitrogen and oxygen atoms in total. The van der Waals surface area contributed by atoms with Crippen molar-refractivity contribution in [2.45, 2.75) is 0 Å². The van der Waals surface area contributed by atoms with Crippen molar-refractivity contribution in [3.05, 3.63) is 47.1 Å². The zero-order valence-electron chi connectivity index (χ0n) is 7.72. The van der Waals surface area contributed by atoms with Gasteiger partial charge in [-0.25, -0.2) is 4.98 Å². The van der Waals surface area contributed by atoms with Crippen molar-refractivity contribution in [3.8, 4) is 17.4 Å². The molecule has 0 fully saturated rings. The molecule has 0 atom stereocenters. The van der Waals surface area contributed by atoms with Crippen LogP contribution >= 0.6 is 15.9 Å². The molecule has 0 unspecified atom stereocenters. The number of phenols is 1. The lowest BCUT2D eigenvalue weighted by Gasteiger charge is -2.06. The number of hydrogen-bond donors (Lipinski definition) is 1. The molecule has 76 valence electrons. The van der Waals surface area contributed by atoms with Crippen LogP contribution in [0.3, 0.4) is 0 Å². The van der Waals surface area contributed by atoms with Crippen LogP contribution in [0, 0.1) is 0 Å². The molecule has 0 aliphatic heterocycles. The van der Waals surface area contributed by atoms with Crippen LogP contribution in [0.4, 0.5) is 0 Å². The highest BCUT2D eigenvalue weighted by Gasteiger charge is 2.05. The van der Waals surface area contributed by atoms with E-state index in [0.29, 0.717) is 11.6 Å². The molecule has 0 amide bonds. The smallest absolute Gasteiger partial charge is 0.233 e. The second-order valence-corrected chi connectivity index (χ2v) is 3.71. The van der Waals surface area contributed by atoms with Crippen LogP contribution < -0.4 is 4.74 Å². The van der Waals surface area contributed by atoms with Crippen molar-refractivity contribution in [3.63, 3.8) is 0 Å². The summed E-state index contributed by atoms with van der Waals surface area (Å²) < 4.78 is 6.18. The van der Waals surface area contributed by atoms with Crippen LogP contribution in [-0.4, -0.2) is 10.1 Å². The lowest BCUT2D eigenvalue weighted by molar-refractivity contribution is 0.401. The van der Waals surface area contributed by atoms with Gasteiger partial charge in [-0.2, -0.15) is 0 Å². The van der Waals surface area contributed by atoms with Gasteiger partial charge in [0.05, 0.1) is 4.47 Å². The van der Waals surface area contributed by atoms with Crippen LogP contribution in [0.2, 0.25) is 0 Å². The summed E-state index contributed by atoms with van der Waals surface area (Å²) in [5, 5.41) is 9.49. The van der Waals surface area contributed by atoms with E-state index in [1.807, 2.05) is 6.07 Å². The van der Waals surface area contributed by atoms with Crippen molar-refractivity contribution in [1.29, 1.82) is 0 Å². The summed E-state index contributed by atoms with van der Waals surface area (Å²) in [7, 11) is 0. The summed E-state index contributed by atoms with van der Waals surface area (Å²) in [6.07, 6.45) is 1.63. The summed E-state index contributed by atoms with van der Waals surface area (Å²) in [6, 6.07) is 10.4. The largest absolute Gasteiger partial charge is 0.504 e. The van der Waals surface area contributed by atoms with Gasteiger partial charge in [0.25, 0.3) is 0 Å². The number of rotatable bonds is 2. The topological polar surface area (TPSA) is 42.4 Å². The van der Waals surface area contributed by atoms with Crippen molar-refractivity contribution in [2.75, 3.05) is 0 Å². The molecule has 0 spiro atoms. The van der Waals surface area contributed by atoms with E-state index in [-0.39, 0.29) is 5.75 Å². The van der Waals surface area contributed by atoms with Gasteiger partial charge in [-0.3, -0.25) is 0 Å². The first-order chi connectivity index (χ1) is 7.27. The summed E-state index contributed by atoms with van der Waals surface area (Å²) >= 11 is 3.31. The maximum atomic E-state index is 9.49. The number of hydrogen-bond acceptors (Lipinski definition) is 3. The van der Waals surface area contributed by atoms with Gasteiger partial charge < -0.3 is 9.84 Å². The normalized spacial score (nSPS) is 9.93. The molecular weight excluding hydrogens is 258 g/mol. The molecule has 1 aromatic carbocycles. The van der Waals surface area contributed by atoms with E-state index in [4.69, 9.17) is 4.74 Å². The van der Waals surface area contributed by atoms with Crippen LogP contribution in [-0.2, 0) is 0 Å². The number of ether oxygens (including phenoxy) is 1. The Labute approximate surface area is 95.5 Å². The molecule has 0 radical (unpaired) electrons. The fourth-order valence-corrected chi connectivity index (χ4v) is 1.43. The minimum Gasteiger partial charge on any atom is -0.504 e. The van der Waals surface area contributed by atoms with Crippen LogP contribution in [0.1, 0.15) is 0 Å². The molecule has 1 aromatic heterocycles. The molecular formula is C11H8BrNO2. The zero-order chi connectivity index (χ0) is 10.7. The van der Waals surface area contributed by atoms with Crippen LogP contribution in [0.5, 0.6) is 17.4 Å². The number of para-hydroxylation sites is 2. The predicted octanol–water partition coefficient (Wildman–Crippen LogP) is 3.34. The zero-order valence-corrected chi connectivity index (χ0v) is 9.31. The number of pyridine rings is 1. The third-order valence-electron chi connectivity index (χ3n) is 1.80. The molecule has 4 heteroatoms. The van der Waals surface area contributed by atoms with Crippen LogP contribution in [0.25, 0.3) is 0 Å². The second-order valence-electron chi connectivity index (χ2n) is 2.86. The fraction of sp³-hybridized carbons (Fsp3) is 0. The molecule has 1 heterocycles. The Kier molecular flexibility index (Phi) is 2.87. The minimum absolute atomic E-state index is 0.0926. The lowest BCUT2D eigenvalue weighted by Crippen LogP contribution is -1.88. The Morgan fingerprint density at radius 3 is 2.67 bits per heavy atom. The Bertz CT molecular complexity index is 430. The fourth-order valence-electron chi connectivity index (χ4n) is 1.09. The lowest BCUT2D eigenvalue weighted by atomic mass is 10.3. The first-order valence-electron chi connectivity index (χ1n) is 4.34. The van der Waals surface area contributed by atoms with Crippen molar-refractivity contribution < 1.29 is 9.84 Å². The maximum Gasteiger partial charge on any atom is 0.233 e. The summed E-state index contributed by atoms with van der Waals surface area (Å²) in [5.41, 5.74) is 0. The van der Waals surface area contributed by atoms with E-state index >= 15 is 0 Å². The van der Waals surface area contributed by atoms with Gasteiger partial charge in [-0.15, -0.1) is 0 Å². The Morgan fingerprint density at radius 2 is 1.93 bits per heavy atom. The summed E-state index contributed by atoms with van der Waals surface area (Å²) in [5.74, 6) is 0.908. The molecule has 0 bridgehead atoms. The monoisotopic (exact) mass is 265 g/mol. The summed E-state index contributed by atoms with van der Waals surface area (Å²) in [6.45, 7) is 0. The van der Waals surface area contributed by atoms with Crippen molar-refractivity contribution >= 4 is 15.9 Å². The number of phenolic OH excluding ortho intramolecular Hbond substituents is 1. The Balaban J connectivity index is 2.30. The SMILES string of the molecule is Oc1ccccc1Oc1ncccc1Br. The molecule has 0 aliphatic carbocycles. The average Bonchev–Trinajstić information content (AvgIpc) is 2.24. The van der Waals surface area contributed by atoms with E-state index < -0.39 is 0 Å². The van der Waals surface area contributed by atoms with Crippen molar-refractivity contribution in [1.82, 2.24) is 4.98 Å². The number of benzene rings is 1. The van der Waals surface area contributed by atoms with Gasteiger partial charge >= 0.3 is 0 Å². The quantitative estimate of drug-likeness (QED) is 0.906.